The minimum Gasteiger partial charge on any atom is -0.497 e. The number of carbonyl (C=O) groups excluding carboxylic acids is 3. The van der Waals surface area contributed by atoms with E-state index in [4.69, 9.17) is 10.1 Å². The van der Waals surface area contributed by atoms with E-state index in [1.165, 1.54) is 16.2 Å². The zero-order valence-corrected chi connectivity index (χ0v) is 18.3. The molecule has 158 valence electrons. The van der Waals surface area contributed by atoms with Crippen molar-refractivity contribution < 1.29 is 19.1 Å². The first-order chi connectivity index (χ1) is 15.4. The second kappa shape index (κ2) is 7.77. The monoisotopic (exact) mass is 461 g/mol. The molecule has 1 fully saturated rings. The summed E-state index contributed by atoms with van der Waals surface area (Å²) in [6.07, 6.45) is 1.77. The highest BCUT2D eigenvalue weighted by atomic mass is 32.2. The van der Waals surface area contributed by atoms with Crippen molar-refractivity contribution in [1.82, 2.24) is 5.32 Å². The lowest BCUT2D eigenvalue weighted by atomic mass is 10.0. The molecular formula is C23H15N3O4S2. The van der Waals surface area contributed by atoms with Gasteiger partial charge in [0.05, 0.1) is 28.8 Å². The van der Waals surface area contributed by atoms with Crippen molar-refractivity contribution in [3.63, 3.8) is 0 Å². The fourth-order valence-electron chi connectivity index (χ4n) is 3.49. The van der Waals surface area contributed by atoms with Crippen molar-refractivity contribution in [3.05, 3.63) is 75.5 Å². The number of hydrogen-bond donors (Lipinski definition) is 2. The number of methoxy groups -OCH3 is 1. The predicted octanol–water partition coefficient (Wildman–Crippen LogP) is 4.36. The minimum absolute atomic E-state index is 0.137. The van der Waals surface area contributed by atoms with Gasteiger partial charge in [-0.1, -0.05) is 6.07 Å². The molecule has 2 aromatic carbocycles. The molecule has 3 heterocycles. The van der Waals surface area contributed by atoms with Gasteiger partial charge in [0.25, 0.3) is 17.7 Å². The van der Waals surface area contributed by atoms with E-state index < -0.39 is 5.91 Å². The first-order valence-corrected chi connectivity index (χ1v) is 11.1. The SMILES string of the molecule is COc1ccc(N2C(=N)SC(=Cc3ccc(-c4ccc5c(c4)C(=O)NC5=O)s3)C2=O)cc1. The second-order valence-corrected chi connectivity index (χ2v) is 9.15. The molecule has 1 aromatic heterocycles. The maximum absolute atomic E-state index is 12.9. The third-order valence-electron chi connectivity index (χ3n) is 5.07. The average molecular weight is 462 g/mol. The molecule has 0 aliphatic carbocycles. The highest BCUT2D eigenvalue weighted by molar-refractivity contribution is 8.19. The van der Waals surface area contributed by atoms with Crippen LogP contribution in [0.25, 0.3) is 16.5 Å². The fraction of sp³-hybridized carbons (Fsp3) is 0.0435. The molecular weight excluding hydrogens is 446 g/mol. The lowest BCUT2D eigenvalue weighted by Gasteiger charge is -2.14. The van der Waals surface area contributed by atoms with E-state index in [0.717, 1.165) is 27.1 Å². The topological polar surface area (TPSA) is 99.6 Å². The lowest BCUT2D eigenvalue weighted by Crippen LogP contribution is -2.27. The van der Waals surface area contributed by atoms with Crippen LogP contribution in [-0.2, 0) is 4.79 Å². The van der Waals surface area contributed by atoms with E-state index in [0.29, 0.717) is 27.5 Å². The number of imide groups is 1. The van der Waals surface area contributed by atoms with E-state index >= 15 is 0 Å². The van der Waals surface area contributed by atoms with Crippen molar-refractivity contribution in [2.75, 3.05) is 12.0 Å². The number of nitrogens with one attached hydrogen (secondary N) is 2. The molecule has 2 aliphatic rings. The number of benzene rings is 2. The van der Waals surface area contributed by atoms with Crippen LogP contribution in [-0.4, -0.2) is 30.0 Å². The third-order valence-corrected chi connectivity index (χ3v) is 7.04. The number of amides is 3. The number of amidine groups is 1. The molecule has 0 bridgehead atoms. The molecule has 3 amide bonds. The Bertz CT molecular complexity index is 1340. The summed E-state index contributed by atoms with van der Waals surface area (Å²) in [5.41, 5.74) is 2.17. The number of anilines is 1. The van der Waals surface area contributed by atoms with E-state index in [-0.39, 0.29) is 17.0 Å². The van der Waals surface area contributed by atoms with Gasteiger partial charge >= 0.3 is 0 Å². The van der Waals surface area contributed by atoms with Crippen molar-refractivity contribution in [3.8, 4) is 16.2 Å². The van der Waals surface area contributed by atoms with Crippen LogP contribution >= 0.6 is 23.1 Å². The van der Waals surface area contributed by atoms with Gasteiger partial charge in [0.1, 0.15) is 5.75 Å². The molecule has 0 unspecified atom stereocenters. The number of thiophene rings is 1. The minimum atomic E-state index is -0.393. The van der Waals surface area contributed by atoms with Crippen LogP contribution in [0.4, 0.5) is 5.69 Å². The highest BCUT2D eigenvalue weighted by Gasteiger charge is 2.33. The van der Waals surface area contributed by atoms with Crippen LogP contribution in [0.2, 0.25) is 0 Å². The normalized spacial score (nSPS) is 16.7. The van der Waals surface area contributed by atoms with E-state index in [1.807, 2.05) is 12.1 Å². The Balaban J connectivity index is 1.40. The van der Waals surface area contributed by atoms with E-state index in [1.54, 1.807) is 55.7 Å². The van der Waals surface area contributed by atoms with Crippen LogP contribution in [0.3, 0.4) is 0 Å². The average Bonchev–Trinajstić information content (AvgIpc) is 3.45. The highest BCUT2D eigenvalue weighted by Crippen LogP contribution is 2.38. The third kappa shape index (κ3) is 3.41. The Morgan fingerprint density at radius 3 is 2.47 bits per heavy atom. The standard InChI is InChI=1S/C23H15N3O4S2/c1-30-14-5-3-13(4-6-14)26-22(29)19(32-23(26)24)11-15-7-9-18(31-15)12-2-8-16-17(10-12)21(28)25-20(16)27/h2-11,24H,1H3,(H,25,27,28). The maximum atomic E-state index is 12.9. The molecule has 0 saturated carbocycles. The van der Waals surface area contributed by atoms with Crippen molar-refractivity contribution >= 4 is 57.8 Å². The molecule has 5 rings (SSSR count). The quantitative estimate of drug-likeness (QED) is 0.444. The molecule has 7 nitrogen and oxygen atoms in total. The first-order valence-electron chi connectivity index (χ1n) is 9.51. The molecule has 3 aromatic rings. The number of rotatable bonds is 4. The largest absolute Gasteiger partial charge is 0.497 e. The van der Waals surface area contributed by atoms with Crippen molar-refractivity contribution in [2.45, 2.75) is 0 Å². The lowest BCUT2D eigenvalue weighted by molar-refractivity contribution is -0.113. The van der Waals surface area contributed by atoms with Gasteiger partial charge in [-0.3, -0.25) is 30.0 Å². The van der Waals surface area contributed by atoms with E-state index in [9.17, 15) is 14.4 Å². The van der Waals surface area contributed by atoms with Gasteiger partial charge in [-0.25, -0.2) is 0 Å². The van der Waals surface area contributed by atoms with Crippen molar-refractivity contribution in [1.29, 1.82) is 5.41 Å². The summed E-state index contributed by atoms with van der Waals surface area (Å²) in [5.74, 6) is -0.354. The van der Waals surface area contributed by atoms with Crippen LogP contribution in [0.15, 0.2) is 59.5 Å². The second-order valence-electron chi connectivity index (χ2n) is 7.00. The fourth-order valence-corrected chi connectivity index (χ4v) is 5.36. The Kier molecular flexibility index (Phi) is 4.91. The zero-order chi connectivity index (χ0) is 22.4. The van der Waals surface area contributed by atoms with Gasteiger partial charge in [-0.2, -0.15) is 0 Å². The Morgan fingerprint density at radius 1 is 0.969 bits per heavy atom. The number of thioether (sulfide) groups is 1. The van der Waals surface area contributed by atoms with Gasteiger partial charge in [0.15, 0.2) is 5.17 Å². The first kappa shape index (κ1) is 20.2. The van der Waals surface area contributed by atoms with Crippen LogP contribution < -0.4 is 15.0 Å². The Morgan fingerprint density at radius 2 is 1.72 bits per heavy atom. The summed E-state index contributed by atoms with van der Waals surface area (Å²) in [4.78, 5) is 40.2. The molecule has 2 aliphatic heterocycles. The maximum Gasteiger partial charge on any atom is 0.271 e. The van der Waals surface area contributed by atoms with Crippen LogP contribution in [0.1, 0.15) is 25.6 Å². The summed E-state index contributed by atoms with van der Waals surface area (Å²) >= 11 is 2.57. The zero-order valence-electron chi connectivity index (χ0n) is 16.7. The van der Waals surface area contributed by atoms with Crippen molar-refractivity contribution in [2.24, 2.45) is 0 Å². The summed E-state index contributed by atoms with van der Waals surface area (Å²) in [6, 6.07) is 15.9. The van der Waals surface area contributed by atoms with Gasteiger partial charge in [-0.05, 0) is 71.9 Å². The molecule has 32 heavy (non-hydrogen) atoms. The van der Waals surface area contributed by atoms with Crippen LogP contribution in [0, 0.1) is 5.41 Å². The van der Waals surface area contributed by atoms with Gasteiger partial charge in [0.2, 0.25) is 0 Å². The van der Waals surface area contributed by atoms with Gasteiger partial charge < -0.3 is 4.74 Å². The summed E-state index contributed by atoms with van der Waals surface area (Å²) in [5, 5.41) is 10.7. The Labute approximate surface area is 191 Å². The Hall–Kier alpha value is -3.69. The summed E-state index contributed by atoms with van der Waals surface area (Å²) in [6.45, 7) is 0. The molecule has 1 saturated heterocycles. The van der Waals surface area contributed by atoms with Gasteiger partial charge in [-0.15, -0.1) is 11.3 Å². The number of carbonyl (C=O) groups is 3. The predicted molar refractivity (Wildman–Crippen MR) is 125 cm³/mol. The molecule has 0 atom stereocenters. The number of hydrogen-bond acceptors (Lipinski definition) is 7. The number of ether oxygens (including phenoxy) is 1. The summed E-state index contributed by atoms with van der Waals surface area (Å²) in [7, 11) is 1.57. The van der Waals surface area contributed by atoms with Gasteiger partial charge in [0, 0.05) is 9.75 Å². The number of fused-ring (bicyclic) bond motifs is 1. The molecule has 2 N–H and O–H groups in total. The molecule has 0 radical (unpaired) electrons. The molecule has 0 spiro atoms. The van der Waals surface area contributed by atoms with E-state index in [2.05, 4.69) is 5.32 Å². The smallest absolute Gasteiger partial charge is 0.271 e. The summed E-state index contributed by atoms with van der Waals surface area (Å²) < 4.78 is 5.15. The molecule has 9 heteroatoms. The van der Waals surface area contributed by atoms with Crippen LogP contribution in [0.5, 0.6) is 5.75 Å². The number of nitrogens with zero attached hydrogens (tertiary/aromatic N) is 1.